The molecule has 3 aromatic rings. The molecule has 0 aliphatic carbocycles. The molecule has 0 spiro atoms. The quantitative estimate of drug-likeness (QED) is 0.691. The molecular formula is C17H16N4O. The summed E-state index contributed by atoms with van der Waals surface area (Å²) < 4.78 is 1.84. The van der Waals surface area contributed by atoms with Crippen LogP contribution in [0.2, 0.25) is 0 Å². The fourth-order valence-electron chi connectivity index (χ4n) is 3.02. The summed E-state index contributed by atoms with van der Waals surface area (Å²) in [6.45, 7) is 0.675. The molecule has 0 atom stereocenters. The number of aryl methyl sites for hydroxylation is 1. The van der Waals surface area contributed by atoms with Gasteiger partial charge in [0, 0.05) is 18.2 Å². The molecule has 0 radical (unpaired) electrons. The molecule has 4 rings (SSSR count). The smallest absolute Gasteiger partial charge is 0.123 e. The Morgan fingerprint density at radius 2 is 1.73 bits per heavy atom. The van der Waals surface area contributed by atoms with E-state index in [1.165, 1.54) is 5.56 Å². The third-order valence-corrected chi connectivity index (χ3v) is 4.06. The first-order chi connectivity index (χ1) is 10.8. The predicted molar refractivity (Wildman–Crippen MR) is 85.1 cm³/mol. The number of anilines is 1. The Bertz CT molecular complexity index is 840. The Balaban J connectivity index is 2.09. The summed E-state index contributed by atoms with van der Waals surface area (Å²) in [7, 11) is 3.62. The van der Waals surface area contributed by atoms with E-state index >= 15 is 0 Å². The molecule has 0 saturated carbocycles. The Hall–Kier alpha value is -2.66. The molecule has 0 amide bonds. The van der Waals surface area contributed by atoms with Crippen molar-refractivity contribution in [3.63, 3.8) is 0 Å². The molecule has 5 nitrogen and oxygen atoms in total. The van der Waals surface area contributed by atoms with Gasteiger partial charge in [-0.25, -0.2) is 9.75 Å². The Morgan fingerprint density at radius 1 is 1.00 bits per heavy atom. The standard InChI is InChI=1S/C17H16N4O/c1-20-17-13-8-4-3-7-12(13)11-21(22-2)15-10-6-5-9-14(15)16(17)18-19-20/h3-10H,11H2,1-2H3. The van der Waals surface area contributed by atoms with Gasteiger partial charge in [-0.1, -0.05) is 47.7 Å². The maximum atomic E-state index is 5.61. The van der Waals surface area contributed by atoms with E-state index in [0.29, 0.717) is 6.54 Å². The van der Waals surface area contributed by atoms with Crippen molar-refractivity contribution in [2.45, 2.75) is 6.54 Å². The molecule has 1 aromatic heterocycles. The van der Waals surface area contributed by atoms with Crippen LogP contribution >= 0.6 is 0 Å². The summed E-state index contributed by atoms with van der Waals surface area (Å²) in [5, 5.41) is 10.5. The summed E-state index contributed by atoms with van der Waals surface area (Å²) in [5.74, 6) is 0. The minimum atomic E-state index is 0.675. The molecule has 22 heavy (non-hydrogen) atoms. The highest BCUT2D eigenvalue weighted by atomic mass is 16.7. The minimum absolute atomic E-state index is 0.675. The first kappa shape index (κ1) is 13.0. The van der Waals surface area contributed by atoms with Gasteiger partial charge in [0.25, 0.3) is 0 Å². The second-order valence-corrected chi connectivity index (χ2v) is 5.30. The summed E-state index contributed by atoms with van der Waals surface area (Å²) in [6, 6.07) is 16.4. The number of rotatable bonds is 1. The van der Waals surface area contributed by atoms with Crippen LogP contribution in [0.25, 0.3) is 22.5 Å². The Kier molecular flexibility index (Phi) is 2.94. The largest absolute Gasteiger partial charge is 0.276 e. The van der Waals surface area contributed by atoms with E-state index in [0.717, 1.165) is 28.2 Å². The van der Waals surface area contributed by atoms with Crippen molar-refractivity contribution in [2.75, 3.05) is 12.2 Å². The molecule has 2 aromatic carbocycles. The van der Waals surface area contributed by atoms with Gasteiger partial charge in [-0.3, -0.25) is 4.84 Å². The lowest BCUT2D eigenvalue weighted by Gasteiger charge is -2.27. The zero-order valence-corrected chi connectivity index (χ0v) is 12.5. The fraction of sp³-hybridized carbons (Fsp3) is 0.176. The van der Waals surface area contributed by atoms with Gasteiger partial charge in [-0.2, -0.15) is 0 Å². The van der Waals surface area contributed by atoms with Gasteiger partial charge in [0.15, 0.2) is 0 Å². The van der Waals surface area contributed by atoms with E-state index in [1.54, 1.807) is 7.11 Å². The summed E-state index contributed by atoms with van der Waals surface area (Å²) >= 11 is 0. The second-order valence-electron chi connectivity index (χ2n) is 5.30. The van der Waals surface area contributed by atoms with E-state index < -0.39 is 0 Å². The summed E-state index contributed by atoms with van der Waals surface area (Å²) in [6.07, 6.45) is 0. The number of hydrogen-bond acceptors (Lipinski definition) is 4. The number of hydroxylamine groups is 1. The number of aromatic nitrogens is 3. The number of benzene rings is 2. The molecule has 1 aliphatic rings. The van der Waals surface area contributed by atoms with Crippen LogP contribution in [0.5, 0.6) is 0 Å². The molecule has 0 N–H and O–H groups in total. The van der Waals surface area contributed by atoms with Gasteiger partial charge in [0.2, 0.25) is 0 Å². The maximum Gasteiger partial charge on any atom is 0.123 e. The normalized spacial score (nSPS) is 12.9. The monoisotopic (exact) mass is 292 g/mol. The predicted octanol–water partition coefficient (Wildman–Crippen LogP) is 3.03. The zero-order valence-electron chi connectivity index (χ0n) is 12.5. The van der Waals surface area contributed by atoms with E-state index in [-0.39, 0.29) is 0 Å². The van der Waals surface area contributed by atoms with Gasteiger partial charge >= 0.3 is 0 Å². The average molecular weight is 292 g/mol. The molecule has 5 heteroatoms. The zero-order chi connectivity index (χ0) is 15.1. The number of nitrogens with zero attached hydrogens (tertiary/aromatic N) is 4. The molecule has 1 aliphatic heterocycles. The lowest BCUT2D eigenvalue weighted by Crippen LogP contribution is -2.23. The van der Waals surface area contributed by atoms with Crippen LogP contribution in [-0.4, -0.2) is 22.1 Å². The van der Waals surface area contributed by atoms with Crippen molar-refractivity contribution in [1.29, 1.82) is 0 Å². The molecular weight excluding hydrogens is 276 g/mol. The van der Waals surface area contributed by atoms with Crippen LogP contribution in [0.15, 0.2) is 48.5 Å². The van der Waals surface area contributed by atoms with Crippen LogP contribution in [0.3, 0.4) is 0 Å². The molecule has 0 unspecified atom stereocenters. The summed E-state index contributed by atoms with van der Waals surface area (Å²) in [4.78, 5) is 5.61. The van der Waals surface area contributed by atoms with E-state index in [1.807, 2.05) is 47.1 Å². The van der Waals surface area contributed by atoms with Crippen LogP contribution in [0.4, 0.5) is 5.69 Å². The Labute approximate surface area is 128 Å². The van der Waals surface area contributed by atoms with E-state index in [9.17, 15) is 0 Å². The van der Waals surface area contributed by atoms with Gasteiger partial charge in [0.1, 0.15) is 5.69 Å². The van der Waals surface area contributed by atoms with Crippen LogP contribution in [0, 0.1) is 0 Å². The van der Waals surface area contributed by atoms with Gasteiger partial charge in [-0.05, 0) is 11.6 Å². The highest BCUT2D eigenvalue weighted by molar-refractivity contribution is 5.87. The van der Waals surface area contributed by atoms with Gasteiger partial charge < -0.3 is 0 Å². The Morgan fingerprint density at radius 3 is 2.55 bits per heavy atom. The van der Waals surface area contributed by atoms with Crippen LogP contribution in [-0.2, 0) is 18.4 Å². The first-order valence-electron chi connectivity index (χ1n) is 7.18. The second kappa shape index (κ2) is 4.96. The van der Waals surface area contributed by atoms with Crippen molar-refractivity contribution < 1.29 is 4.84 Å². The van der Waals surface area contributed by atoms with Gasteiger partial charge in [0.05, 0.1) is 25.0 Å². The number of fused-ring (bicyclic) bond motifs is 5. The molecule has 2 heterocycles. The van der Waals surface area contributed by atoms with Crippen LogP contribution < -0.4 is 5.06 Å². The van der Waals surface area contributed by atoms with Crippen molar-refractivity contribution in [3.05, 3.63) is 54.1 Å². The maximum absolute atomic E-state index is 5.61. The topological polar surface area (TPSA) is 43.2 Å². The molecule has 0 bridgehead atoms. The van der Waals surface area contributed by atoms with Crippen molar-refractivity contribution in [3.8, 4) is 22.5 Å². The minimum Gasteiger partial charge on any atom is -0.276 e. The lowest BCUT2D eigenvalue weighted by atomic mass is 9.96. The highest BCUT2D eigenvalue weighted by Gasteiger charge is 2.25. The van der Waals surface area contributed by atoms with E-state index in [4.69, 9.17) is 4.84 Å². The summed E-state index contributed by atoms with van der Waals surface area (Å²) in [5.41, 5.74) is 6.28. The van der Waals surface area contributed by atoms with Gasteiger partial charge in [-0.15, -0.1) is 5.10 Å². The third-order valence-electron chi connectivity index (χ3n) is 4.06. The van der Waals surface area contributed by atoms with Crippen molar-refractivity contribution in [1.82, 2.24) is 15.0 Å². The average Bonchev–Trinajstić information content (AvgIpc) is 2.92. The molecule has 110 valence electrons. The van der Waals surface area contributed by atoms with Crippen molar-refractivity contribution >= 4 is 5.69 Å². The van der Waals surface area contributed by atoms with Crippen molar-refractivity contribution in [2.24, 2.45) is 7.05 Å². The number of hydrogen-bond donors (Lipinski definition) is 0. The fourth-order valence-corrected chi connectivity index (χ4v) is 3.02. The van der Waals surface area contributed by atoms with Crippen LogP contribution in [0.1, 0.15) is 5.56 Å². The SMILES string of the molecule is CON1Cc2ccccc2-c2c(nnn2C)-c2ccccc21. The third kappa shape index (κ3) is 1.83. The first-order valence-corrected chi connectivity index (χ1v) is 7.18. The highest BCUT2D eigenvalue weighted by Crippen LogP contribution is 2.40. The molecule has 0 fully saturated rings. The lowest BCUT2D eigenvalue weighted by molar-refractivity contribution is 0.163. The van der Waals surface area contributed by atoms with E-state index in [2.05, 4.69) is 28.5 Å². The molecule has 0 saturated heterocycles. The number of para-hydroxylation sites is 1.